The van der Waals surface area contributed by atoms with Gasteiger partial charge >= 0.3 is 6.09 Å². The Labute approximate surface area is 282 Å². The first-order chi connectivity index (χ1) is 23.3. The first-order valence-electron chi connectivity index (χ1n) is 15.0. The van der Waals surface area contributed by atoms with Gasteiger partial charge in [0.25, 0.3) is 15.9 Å². The van der Waals surface area contributed by atoms with Crippen LogP contribution >= 0.6 is 0 Å². The van der Waals surface area contributed by atoms with Gasteiger partial charge in [-0.25, -0.2) is 32.1 Å². The quantitative estimate of drug-likeness (QED) is 0.128. The lowest BCUT2D eigenvalue weighted by molar-refractivity contribution is 0.102. The van der Waals surface area contributed by atoms with Crippen LogP contribution in [0, 0.1) is 0 Å². The minimum atomic E-state index is -3.90. The number of rotatable bonds is 8. The zero-order chi connectivity index (χ0) is 34.9. The largest absolute Gasteiger partial charge is 0.465 e. The Kier molecular flexibility index (Phi) is 8.48. The molecule has 14 heteroatoms. The average molecular weight is 677 g/mol. The number of carbonyl (C=O) groups is 2. The first-order valence-corrected chi connectivity index (χ1v) is 16.5. The second kappa shape index (κ2) is 12.7. The van der Waals surface area contributed by atoms with Crippen molar-refractivity contribution in [3.05, 3.63) is 115 Å². The van der Waals surface area contributed by atoms with E-state index < -0.39 is 21.7 Å². The molecular formula is C35H32N8O5S. The van der Waals surface area contributed by atoms with Gasteiger partial charge in [0, 0.05) is 57.6 Å². The SMILES string of the molecule is CC(C)(C)N(C(=O)O)c1nc(Nc2cccc(NC(=O)c3ccc(N)cc3)c2)cc(-c2cnc3c(ccn3S(=O)(=O)c3ccccc3)c2)n1. The van der Waals surface area contributed by atoms with Crippen molar-refractivity contribution in [2.24, 2.45) is 0 Å². The number of hydrogen-bond acceptors (Lipinski definition) is 9. The minimum Gasteiger partial charge on any atom is -0.465 e. The van der Waals surface area contributed by atoms with Crippen LogP contribution in [0.1, 0.15) is 31.1 Å². The van der Waals surface area contributed by atoms with Gasteiger partial charge in [0.2, 0.25) is 5.95 Å². The number of carboxylic acid groups (broad SMARTS) is 1. The number of nitrogen functional groups attached to an aromatic ring is 1. The van der Waals surface area contributed by atoms with Gasteiger partial charge in [0.05, 0.1) is 10.6 Å². The van der Waals surface area contributed by atoms with E-state index in [2.05, 4.69) is 25.6 Å². The van der Waals surface area contributed by atoms with Gasteiger partial charge in [0.15, 0.2) is 5.65 Å². The molecule has 0 aliphatic heterocycles. The number of anilines is 5. The molecule has 3 aromatic carbocycles. The summed E-state index contributed by atoms with van der Waals surface area (Å²) in [4.78, 5) is 40.0. The molecular weight excluding hydrogens is 645 g/mol. The van der Waals surface area contributed by atoms with Gasteiger partial charge in [-0.1, -0.05) is 24.3 Å². The molecule has 0 saturated carbocycles. The van der Waals surface area contributed by atoms with Crippen molar-refractivity contribution in [3.8, 4) is 11.3 Å². The molecule has 3 heterocycles. The molecule has 0 spiro atoms. The number of nitrogens with one attached hydrogen (secondary N) is 2. The molecule has 0 atom stereocenters. The van der Waals surface area contributed by atoms with Crippen LogP contribution in [0.3, 0.4) is 0 Å². The van der Waals surface area contributed by atoms with Crippen molar-refractivity contribution in [3.63, 3.8) is 0 Å². The molecule has 0 fully saturated rings. The van der Waals surface area contributed by atoms with Crippen LogP contribution < -0.4 is 21.3 Å². The van der Waals surface area contributed by atoms with Crippen molar-refractivity contribution in [1.29, 1.82) is 0 Å². The normalized spacial score (nSPS) is 11.7. The van der Waals surface area contributed by atoms with Crippen LogP contribution in [-0.4, -0.2) is 50.0 Å². The van der Waals surface area contributed by atoms with Gasteiger partial charge in [-0.3, -0.25) is 4.79 Å². The fraction of sp³-hybridized carbons (Fsp3) is 0.114. The van der Waals surface area contributed by atoms with Gasteiger partial charge < -0.3 is 21.5 Å². The fourth-order valence-electron chi connectivity index (χ4n) is 5.12. The number of nitrogens with two attached hydrogens (primary N) is 1. The van der Waals surface area contributed by atoms with Crippen molar-refractivity contribution >= 4 is 61.9 Å². The van der Waals surface area contributed by atoms with Crippen LogP contribution in [0.4, 0.5) is 33.6 Å². The summed E-state index contributed by atoms with van der Waals surface area (Å²) in [6.07, 6.45) is 1.66. The lowest BCUT2D eigenvalue weighted by Crippen LogP contribution is -2.46. The molecule has 0 aliphatic rings. The standard InChI is InChI=1S/C35H32N8O5S/c1-35(2,3)43(34(45)46)33-40-29(24-18-23-16-17-42(31(23)37-21-24)49(47,48)28-10-5-4-6-11-28)20-30(41-33)38-26-8-7-9-27(19-26)39-32(44)22-12-14-25(36)15-13-22/h4-21H,36H2,1-3H3,(H,39,44)(H,45,46)(H,38,40,41). The number of hydrogen-bond donors (Lipinski definition) is 4. The van der Waals surface area contributed by atoms with E-state index in [1.165, 1.54) is 24.5 Å². The Morgan fingerprint density at radius 1 is 0.878 bits per heavy atom. The third kappa shape index (κ3) is 6.89. The molecule has 13 nitrogen and oxygen atoms in total. The Balaban J connectivity index is 1.37. The molecule has 49 heavy (non-hydrogen) atoms. The summed E-state index contributed by atoms with van der Waals surface area (Å²) in [5.74, 6) is -0.140. The smallest absolute Gasteiger partial charge is 0.414 e. The zero-order valence-corrected chi connectivity index (χ0v) is 27.5. The van der Waals surface area contributed by atoms with E-state index in [4.69, 9.17) is 5.73 Å². The molecule has 5 N–H and O–H groups in total. The molecule has 6 aromatic rings. The number of benzene rings is 3. The topological polar surface area (TPSA) is 185 Å². The monoisotopic (exact) mass is 676 g/mol. The molecule has 6 rings (SSSR count). The van der Waals surface area contributed by atoms with Crippen LogP contribution in [0.15, 0.2) is 114 Å². The number of carbonyl (C=O) groups excluding carboxylic acids is 1. The maximum absolute atomic E-state index is 13.3. The number of aromatic nitrogens is 4. The molecule has 2 amide bonds. The number of nitrogens with zero attached hydrogens (tertiary/aromatic N) is 5. The molecule has 0 radical (unpaired) electrons. The predicted octanol–water partition coefficient (Wildman–Crippen LogP) is 6.59. The maximum Gasteiger partial charge on any atom is 0.414 e. The third-order valence-electron chi connectivity index (χ3n) is 7.43. The predicted molar refractivity (Wildman–Crippen MR) is 189 cm³/mol. The summed E-state index contributed by atoms with van der Waals surface area (Å²) in [5, 5.41) is 16.7. The second-order valence-electron chi connectivity index (χ2n) is 12.1. The van der Waals surface area contributed by atoms with Crippen LogP contribution in [-0.2, 0) is 10.0 Å². The summed E-state index contributed by atoms with van der Waals surface area (Å²) in [5.41, 5.74) is 7.94. The Morgan fingerprint density at radius 3 is 2.29 bits per heavy atom. The van der Waals surface area contributed by atoms with Crippen molar-refractivity contribution < 1.29 is 23.1 Å². The van der Waals surface area contributed by atoms with E-state index in [1.54, 1.807) is 106 Å². The summed E-state index contributed by atoms with van der Waals surface area (Å²) >= 11 is 0. The first kappa shape index (κ1) is 32.7. The van der Waals surface area contributed by atoms with Gasteiger partial charge in [0.1, 0.15) is 5.82 Å². The molecule has 3 aromatic heterocycles. The Morgan fingerprint density at radius 2 is 1.59 bits per heavy atom. The highest BCUT2D eigenvalue weighted by Gasteiger charge is 2.31. The summed E-state index contributed by atoms with van der Waals surface area (Å²) in [6.45, 7) is 5.17. The third-order valence-corrected chi connectivity index (χ3v) is 9.11. The van der Waals surface area contributed by atoms with E-state index >= 15 is 0 Å². The zero-order valence-electron chi connectivity index (χ0n) is 26.7. The highest BCUT2D eigenvalue weighted by molar-refractivity contribution is 7.90. The van der Waals surface area contributed by atoms with E-state index in [0.717, 1.165) is 8.87 Å². The maximum atomic E-state index is 13.3. The number of pyridine rings is 1. The highest BCUT2D eigenvalue weighted by atomic mass is 32.2. The second-order valence-corrected chi connectivity index (χ2v) is 13.9. The molecule has 0 saturated heterocycles. The van der Waals surface area contributed by atoms with E-state index in [0.29, 0.717) is 39.3 Å². The van der Waals surface area contributed by atoms with Crippen molar-refractivity contribution in [1.82, 2.24) is 18.9 Å². The number of fused-ring (bicyclic) bond motifs is 1. The Bertz CT molecular complexity index is 2300. The number of amides is 2. The highest BCUT2D eigenvalue weighted by Crippen LogP contribution is 2.31. The molecule has 0 aliphatic carbocycles. The van der Waals surface area contributed by atoms with E-state index in [9.17, 15) is 23.1 Å². The lowest BCUT2D eigenvalue weighted by atomic mass is 10.1. The van der Waals surface area contributed by atoms with Gasteiger partial charge in [-0.05, 0) is 87.5 Å². The Hall–Kier alpha value is -6.28. The molecule has 0 unspecified atom stereocenters. The van der Waals surface area contributed by atoms with Crippen molar-refractivity contribution in [2.45, 2.75) is 31.2 Å². The van der Waals surface area contributed by atoms with Crippen LogP contribution in [0.25, 0.3) is 22.3 Å². The summed E-state index contributed by atoms with van der Waals surface area (Å²) in [6, 6.07) is 26.5. The van der Waals surface area contributed by atoms with Crippen LogP contribution in [0.2, 0.25) is 0 Å². The van der Waals surface area contributed by atoms with Crippen molar-refractivity contribution in [2.75, 3.05) is 21.3 Å². The van der Waals surface area contributed by atoms with Gasteiger partial charge in [-0.2, -0.15) is 4.98 Å². The van der Waals surface area contributed by atoms with E-state index in [1.807, 2.05) is 0 Å². The molecule has 0 bridgehead atoms. The van der Waals surface area contributed by atoms with Crippen LogP contribution in [0.5, 0.6) is 0 Å². The summed E-state index contributed by atoms with van der Waals surface area (Å²) < 4.78 is 27.8. The minimum absolute atomic E-state index is 0.0860. The molecule has 248 valence electrons. The van der Waals surface area contributed by atoms with Gasteiger partial charge in [-0.15, -0.1) is 0 Å². The average Bonchev–Trinajstić information content (AvgIpc) is 3.49. The summed E-state index contributed by atoms with van der Waals surface area (Å²) in [7, 11) is -3.90. The van der Waals surface area contributed by atoms with E-state index in [-0.39, 0.29) is 28.2 Å². The lowest BCUT2D eigenvalue weighted by Gasteiger charge is -2.31. The fourth-order valence-corrected chi connectivity index (χ4v) is 6.45.